The molecule has 0 spiro atoms. The van der Waals surface area contributed by atoms with Gasteiger partial charge in [0.15, 0.2) is 3.95 Å². The summed E-state index contributed by atoms with van der Waals surface area (Å²) in [5.74, 6) is 0.547. The number of hydrogen-bond acceptors (Lipinski definition) is 4. The number of unbranched alkanes of at least 4 members (excludes halogenated alkanes) is 2. The Bertz CT molecular complexity index is 1190. The van der Waals surface area contributed by atoms with Gasteiger partial charge in [0.1, 0.15) is 11.5 Å². The summed E-state index contributed by atoms with van der Waals surface area (Å²) < 4.78 is 9.59. The zero-order valence-corrected chi connectivity index (χ0v) is 18.6. The molecule has 0 unspecified atom stereocenters. The van der Waals surface area contributed by atoms with Crippen LogP contribution in [0, 0.1) is 3.95 Å². The Hall–Kier alpha value is -1.86. The maximum atomic E-state index is 10.6. The molecular formula is C21H19Cl2NO3S2. The Kier molecular flexibility index (Phi) is 7.35. The number of benzene rings is 1. The first-order valence-corrected chi connectivity index (χ1v) is 11.0. The van der Waals surface area contributed by atoms with Crippen molar-refractivity contribution in [2.75, 3.05) is 0 Å². The number of thiazole rings is 1. The molecule has 0 amide bonds. The van der Waals surface area contributed by atoms with Gasteiger partial charge in [-0.25, -0.2) is 0 Å². The van der Waals surface area contributed by atoms with Crippen molar-refractivity contribution in [3.63, 3.8) is 0 Å². The molecule has 0 aliphatic heterocycles. The lowest BCUT2D eigenvalue weighted by molar-refractivity contribution is -0.137. The number of hydrogen-bond donors (Lipinski definition) is 1. The summed E-state index contributed by atoms with van der Waals surface area (Å²) in [4.78, 5) is 10.6. The van der Waals surface area contributed by atoms with E-state index in [0.717, 1.165) is 38.8 Å². The molecule has 0 saturated heterocycles. The van der Waals surface area contributed by atoms with E-state index in [-0.39, 0.29) is 6.42 Å². The predicted molar refractivity (Wildman–Crippen MR) is 122 cm³/mol. The Morgan fingerprint density at radius 2 is 2.03 bits per heavy atom. The molecule has 29 heavy (non-hydrogen) atoms. The van der Waals surface area contributed by atoms with Crippen molar-refractivity contribution in [2.24, 2.45) is 0 Å². The van der Waals surface area contributed by atoms with Gasteiger partial charge in [-0.2, -0.15) is 0 Å². The van der Waals surface area contributed by atoms with Crippen molar-refractivity contribution in [1.82, 2.24) is 4.57 Å². The zero-order chi connectivity index (χ0) is 21.0. The average Bonchev–Trinajstić information content (AvgIpc) is 3.23. The van der Waals surface area contributed by atoms with Gasteiger partial charge in [0.05, 0.1) is 19.9 Å². The van der Waals surface area contributed by atoms with E-state index in [9.17, 15) is 4.79 Å². The van der Waals surface area contributed by atoms with Gasteiger partial charge in [0, 0.05) is 24.6 Å². The van der Waals surface area contributed by atoms with Crippen LogP contribution in [0.25, 0.3) is 24.0 Å². The summed E-state index contributed by atoms with van der Waals surface area (Å²) in [7, 11) is 0. The molecule has 1 N–H and O–H groups in total. The second-order valence-corrected chi connectivity index (χ2v) is 8.94. The highest BCUT2D eigenvalue weighted by Gasteiger charge is 2.10. The summed E-state index contributed by atoms with van der Waals surface area (Å²) in [5, 5.41) is 10.5. The number of nitrogens with zero attached hydrogens (tertiary/aromatic N) is 1. The molecule has 0 atom stereocenters. The van der Waals surface area contributed by atoms with E-state index in [1.165, 1.54) is 11.3 Å². The molecule has 2 heterocycles. The van der Waals surface area contributed by atoms with Gasteiger partial charge >= 0.3 is 5.97 Å². The van der Waals surface area contributed by atoms with Crippen LogP contribution in [0.1, 0.15) is 31.4 Å². The van der Waals surface area contributed by atoms with Gasteiger partial charge in [0.2, 0.25) is 0 Å². The van der Waals surface area contributed by atoms with E-state index in [1.54, 1.807) is 6.07 Å². The lowest BCUT2D eigenvalue weighted by atomic mass is 10.2. The van der Waals surface area contributed by atoms with Gasteiger partial charge in [-0.05, 0) is 49.3 Å². The Balaban J connectivity index is 1.79. The third-order valence-corrected chi connectivity index (χ3v) is 6.68. The second-order valence-electron chi connectivity index (χ2n) is 6.48. The van der Waals surface area contributed by atoms with Crippen LogP contribution in [0.2, 0.25) is 10.0 Å². The molecule has 0 radical (unpaired) electrons. The van der Waals surface area contributed by atoms with Crippen LogP contribution in [0.5, 0.6) is 0 Å². The van der Waals surface area contributed by atoms with E-state index in [4.69, 9.17) is 44.9 Å². The third-order valence-electron chi connectivity index (χ3n) is 4.42. The SMILES string of the molecule is C=c1/c(=C\c2ccc(-c3cccc(Cl)c3Cl)o2)sc(=S)n1CCCCCC(=O)O. The fraction of sp³-hybridized carbons (Fsp3) is 0.238. The van der Waals surface area contributed by atoms with Crippen LogP contribution in [0.4, 0.5) is 0 Å². The molecule has 0 saturated carbocycles. The number of carboxylic acid groups (broad SMARTS) is 1. The molecule has 0 aliphatic carbocycles. The largest absolute Gasteiger partial charge is 0.481 e. The zero-order valence-electron chi connectivity index (χ0n) is 15.5. The summed E-state index contributed by atoms with van der Waals surface area (Å²) in [5.41, 5.74) is 0.736. The maximum Gasteiger partial charge on any atom is 0.303 e. The van der Waals surface area contributed by atoms with Crippen LogP contribution in [-0.2, 0) is 11.3 Å². The molecule has 3 rings (SSSR count). The maximum absolute atomic E-state index is 10.6. The van der Waals surface area contributed by atoms with Crippen LogP contribution in [-0.4, -0.2) is 15.6 Å². The minimum atomic E-state index is -0.760. The summed E-state index contributed by atoms with van der Waals surface area (Å²) >= 11 is 19.3. The lowest BCUT2D eigenvalue weighted by Crippen LogP contribution is -2.27. The molecule has 152 valence electrons. The Labute approximate surface area is 187 Å². The number of aromatic nitrogens is 1. The smallest absolute Gasteiger partial charge is 0.303 e. The molecule has 0 fully saturated rings. The number of carbonyl (C=O) groups is 1. The lowest BCUT2D eigenvalue weighted by Gasteiger charge is -2.02. The van der Waals surface area contributed by atoms with E-state index in [0.29, 0.717) is 28.0 Å². The molecule has 2 aromatic heterocycles. The highest BCUT2D eigenvalue weighted by Crippen LogP contribution is 2.34. The van der Waals surface area contributed by atoms with Crippen LogP contribution in [0.15, 0.2) is 34.7 Å². The van der Waals surface area contributed by atoms with E-state index in [1.807, 2.05) is 34.9 Å². The first-order valence-electron chi connectivity index (χ1n) is 9.03. The normalized spacial score (nSPS) is 11.9. The average molecular weight is 468 g/mol. The molecule has 8 heteroatoms. The molecule has 3 aromatic rings. The monoisotopic (exact) mass is 467 g/mol. The minimum Gasteiger partial charge on any atom is -0.481 e. The fourth-order valence-electron chi connectivity index (χ4n) is 2.91. The predicted octanol–water partition coefficient (Wildman–Crippen LogP) is 5.73. The van der Waals surface area contributed by atoms with Crippen LogP contribution in [0.3, 0.4) is 0 Å². The molecule has 0 bridgehead atoms. The van der Waals surface area contributed by atoms with Gasteiger partial charge in [-0.1, -0.05) is 42.3 Å². The summed E-state index contributed by atoms with van der Waals surface area (Å²) in [6.45, 7) is 4.88. The summed E-state index contributed by atoms with van der Waals surface area (Å²) in [6, 6.07) is 9.13. The van der Waals surface area contributed by atoms with Crippen molar-refractivity contribution in [1.29, 1.82) is 0 Å². The van der Waals surface area contributed by atoms with Crippen molar-refractivity contribution in [3.8, 4) is 11.3 Å². The standard InChI is InChI=1S/C21H19Cl2NO3S2/c1-13-18(29-21(28)24(13)11-4-2-3-8-19(25)26)12-14-9-10-17(27-14)15-6-5-7-16(22)20(15)23/h5-7,9-10,12H,1-4,8,11H2,(H,25,26)/b18-12+. The van der Waals surface area contributed by atoms with Gasteiger partial charge in [-0.15, -0.1) is 11.3 Å². The number of rotatable bonds is 8. The van der Waals surface area contributed by atoms with E-state index < -0.39 is 5.97 Å². The highest BCUT2D eigenvalue weighted by atomic mass is 35.5. The second kappa shape index (κ2) is 9.76. The summed E-state index contributed by atoms with van der Waals surface area (Å²) in [6.07, 6.45) is 4.47. The van der Waals surface area contributed by atoms with E-state index in [2.05, 4.69) is 6.58 Å². The molecule has 0 aliphatic rings. The van der Waals surface area contributed by atoms with Gasteiger partial charge in [-0.3, -0.25) is 4.79 Å². The third kappa shape index (κ3) is 5.39. The van der Waals surface area contributed by atoms with Gasteiger partial charge < -0.3 is 14.1 Å². The van der Waals surface area contributed by atoms with E-state index >= 15 is 0 Å². The first kappa shape index (κ1) is 21.8. The van der Waals surface area contributed by atoms with Crippen molar-refractivity contribution in [3.05, 3.63) is 60.0 Å². The number of carboxylic acids is 1. The van der Waals surface area contributed by atoms with Crippen LogP contribution < -0.4 is 9.88 Å². The number of furan rings is 1. The van der Waals surface area contributed by atoms with Crippen molar-refractivity contribution in [2.45, 2.75) is 32.2 Å². The van der Waals surface area contributed by atoms with Gasteiger partial charge in [0.25, 0.3) is 0 Å². The van der Waals surface area contributed by atoms with Crippen LogP contribution >= 0.6 is 46.8 Å². The molecular weight excluding hydrogens is 449 g/mol. The van der Waals surface area contributed by atoms with Crippen molar-refractivity contribution < 1.29 is 14.3 Å². The quantitative estimate of drug-likeness (QED) is 0.339. The fourth-order valence-corrected chi connectivity index (χ4v) is 4.68. The first-order chi connectivity index (χ1) is 13.9. The highest BCUT2D eigenvalue weighted by molar-refractivity contribution is 7.73. The molecule has 4 nitrogen and oxygen atoms in total. The Morgan fingerprint density at radius 1 is 1.24 bits per heavy atom. The number of aliphatic carboxylic acids is 1. The number of halogens is 2. The topological polar surface area (TPSA) is 55.4 Å². The molecule has 1 aromatic carbocycles. The van der Waals surface area contributed by atoms with Crippen molar-refractivity contribution >= 4 is 65.4 Å². The minimum absolute atomic E-state index is 0.197. The Morgan fingerprint density at radius 3 is 2.79 bits per heavy atom.